The summed E-state index contributed by atoms with van der Waals surface area (Å²) in [6.45, 7) is 7.34. The maximum atomic E-state index is 13.5. The van der Waals surface area contributed by atoms with Crippen molar-refractivity contribution >= 4 is 63.7 Å². The number of aromatic nitrogens is 1. The van der Waals surface area contributed by atoms with E-state index in [1.165, 1.54) is 16.7 Å². The summed E-state index contributed by atoms with van der Waals surface area (Å²) in [5, 5.41) is 10.4. The third-order valence-electron chi connectivity index (χ3n) is 7.01. The van der Waals surface area contributed by atoms with E-state index in [0.29, 0.717) is 70.3 Å². The monoisotopic (exact) mass is 584 g/mol. The molecule has 2 fully saturated rings. The molecule has 8 nitrogen and oxygen atoms in total. The summed E-state index contributed by atoms with van der Waals surface area (Å²) in [4.78, 5) is 43.0. The van der Waals surface area contributed by atoms with Crippen molar-refractivity contribution in [3.8, 4) is 6.07 Å². The van der Waals surface area contributed by atoms with Crippen molar-refractivity contribution < 1.29 is 14.3 Å². The summed E-state index contributed by atoms with van der Waals surface area (Å²) >= 11 is 13.0. The molecule has 2 saturated heterocycles. The van der Waals surface area contributed by atoms with Gasteiger partial charge in [0.25, 0.3) is 11.5 Å². The highest BCUT2D eigenvalue weighted by atomic mass is 35.5. The van der Waals surface area contributed by atoms with E-state index in [1.807, 2.05) is 25.1 Å². The molecule has 11 heteroatoms. The SMILES string of the molecule is CCOC(=O)C1CCN(c2c(C=C3SC(=S)N(Cc4ccccc4Cl)C3=O)c(C)c(C#N)c(=O)n2CC)CC1. The summed E-state index contributed by atoms with van der Waals surface area (Å²) in [5.41, 5.74) is 1.58. The van der Waals surface area contributed by atoms with Crippen LogP contribution in [-0.2, 0) is 27.4 Å². The molecule has 39 heavy (non-hydrogen) atoms. The number of hydrogen-bond donors (Lipinski definition) is 0. The number of halogens is 1. The molecule has 0 saturated carbocycles. The number of ether oxygens (including phenoxy) is 1. The van der Waals surface area contributed by atoms with Crippen LogP contribution in [0.15, 0.2) is 34.0 Å². The zero-order valence-corrected chi connectivity index (χ0v) is 24.4. The van der Waals surface area contributed by atoms with Gasteiger partial charge < -0.3 is 9.64 Å². The predicted octanol–water partition coefficient (Wildman–Crippen LogP) is 4.88. The van der Waals surface area contributed by atoms with Crippen LogP contribution in [0.4, 0.5) is 5.82 Å². The number of nitriles is 1. The summed E-state index contributed by atoms with van der Waals surface area (Å²) in [7, 11) is 0. The zero-order chi connectivity index (χ0) is 28.3. The molecule has 0 N–H and O–H groups in total. The van der Waals surface area contributed by atoms with E-state index in [-0.39, 0.29) is 35.5 Å². The summed E-state index contributed by atoms with van der Waals surface area (Å²) < 4.78 is 7.19. The van der Waals surface area contributed by atoms with Gasteiger partial charge in [-0.15, -0.1) is 0 Å². The lowest BCUT2D eigenvalue weighted by molar-refractivity contribution is -0.148. The molecule has 2 aromatic rings. The van der Waals surface area contributed by atoms with Crippen LogP contribution in [0.25, 0.3) is 6.08 Å². The molecule has 2 aliphatic heterocycles. The number of hydrogen-bond acceptors (Lipinski definition) is 8. The molecule has 204 valence electrons. The average molecular weight is 585 g/mol. The number of amides is 1. The summed E-state index contributed by atoms with van der Waals surface area (Å²) in [5.74, 6) is -0.0304. The Morgan fingerprint density at radius 1 is 1.26 bits per heavy atom. The van der Waals surface area contributed by atoms with E-state index >= 15 is 0 Å². The third kappa shape index (κ3) is 5.76. The van der Waals surface area contributed by atoms with Gasteiger partial charge in [0.2, 0.25) is 0 Å². The van der Waals surface area contributed by atoms with Gasteiger partial charge >= 0.3 is 5.97 Å². The molecule has 0 bridgehead atoms. The van der Waals surface area contributed by atoms with E-state index in [4.69, 9.17) is 28.6 Å². The minimum atomic E-state index is -0.372. The van der Waals surface area contributed by atoms with Crippen LogP contribution >= 0.6 is 35.6 Å². The van der Waals surface area contributed by atoms with Gasteiger partial charge in [0.05, 0.1) is 24.0 Å². The van der Waals surface area contributed by atoms with Gasteiger partial charge in [-0.05, 0) is 56.9 Å². The average Bonchev–Trinajstić information content (AvgIpc) is 3.19. The van der Waals surface area contributed by atoms with Gasteiger partial charge in [0.1, 0.15) is 21.8 Å². The van der Waals surface area contributed by atoms with Gasteiger partial charge in [-0.2, -0.15) is 5.26 Å². The van der Waals surface area contributed by atoms with Crippen molar-refractivity contribution in [2.45, 2.75) is 46.7 Å². The van der Waals surface area contributed by atoms with Crippen LogP contribution in [0, 0.1) is 24.2 Å². The number of pyridine rings is 1. The Kier molecular flexibility index (Phi) is 9.15. The summed E-state index contributed by atoms with van der Waals surface area (Å²) in [6, 6.07) is 9.35. The second kappa shape index (κ2) is 12.4. The molecule has 0 spiro atoms. The fourth-order valence-corrected chi connectivity index (χ4v) is 6.36. The maximum absolute atomic E-state index is 13.5. The molecule has 0 aliphatic carbocycles. The second-order valence-corrected chi connectivity index (χ2v) is 11.4. The lowest BCUT2D eigenvalue weighted by Crippen LogP contribution is -2.41. The molecule has 1 aromatic heterocycles. The molecule has 2 aliphatic rings. The number of rotatable bonds is 7. The normalized spacial score (nSPS) is 17.2. The first kappa shape index (κ1) is 28.9. The van der Waals surface area contributed by atoms with Crippen molar-refractivity contribution in [1.82, 2.24) is 9.47 Å². The Balaban J connectivity index is 1.74. The number of esters is 1. The van der Waals surface area contributed by atoms with Crippen molar-refractivity contribution in [2.75, 3.05) is 24.6 Å². The first-order valence-electron chi connectivity index (χ1n) is 12.8. The van der Waals surface area contributed by atoms with E-state index in [9.17, 15) is 19.6 Å². The Morgan fingerprint density at radius 2 is 1.95 bits per heavy atom. The Bertz CT molecular complexity index is 1450. The lowest BCUT2D eigenvalue weighted by atomic mass is 9.95. The minimum absolute atomic E-state index is 0.0415. The number of piperidine rings is 1. The second-order valence-electron chi connectivity index (χ2n) is 9.27. The number of benzene rings is 1. The third-order valence-corrected chi connectivity index (χ3v) is 8.76. The fraction of sp³-hybridized carbons (Fsp3) is 0.393. The Labute approximate surface area is 242 Å². The standard InChI is InChI=1S/C28H29ClN4O4S2/c1-4-32-24(31-12-10-18(11-13-31)27(36)37-5-2)20(17(3)21(15-30)25(32)34)14-23-26(35)33(28(38)39-23)16-19-8-6-7-9-22(19)29/h6-9,14,18H,4-5,10-13,16H2,1-3H3. The van der Waals surface area contributed by atoms with Gasteiger partial charge in [0.15, 0.2) is 0 Å². The molecular formula is C28H29ClN4O4S2. The first-order chi connectivity index (χ1) is 18.7. The Morgan fingerprint density at radius 3 is 2.56 bits per heavy atom. The van der Waals surface area contributed by atoms with Crippen LogP contribution in [0.2, 0.25) is 5.02 Å². The van der Waals surface area contributed by atoms with Gasteiger partial charge in [-0.1, -0.05) is 53.8 Å². The van der Waals surface area contributed by atoms with Crippen LogP contribution in [0.3, 0.4) is 0 Å². The number of nitrogens with zero attached hydrogens (tertiary/aromatic N) is 4. The van der Waals surface area contributed by atoms with Crippen molar-refractivity contribution in [3.05, 3.63) is 66.8 Å². The number of thioether (sulfide) groups is 1. The van der Waals surface area contributed by atoms with Crippen molar-refractivity contribution in [1.29, 1.82) is 5.26 Å². The number of carbonyl (C=O) groups excluding carboxylic acids is 2. The fourth-order valence-electron chi connectivity index (χ4n) is 4.93. The number of anilines is 1. The molecule has 0 radical (unpaired) electrons. The maximum Gasteiger partial charge on any atom is 0.309 e. The zero-order valence-electron chi connectivity index (χ0n) is 22.0. The lowest BCUT2D eigenvalue weighted by Gasteiger charge is -2.35. The van der Waals surface area contributed by atoms with Crippen LogP contribution in [0.5, 0.6) is 0 Å². The molecule has 0 atom stereocenters. The first-order valence-corrected chi connectivity index (χ1v) is 14.4. The largest absolute Gasteiger partial charge is 0.466 e. The van der Waals surface area contributed by atoms with E-state index < -0.39 is 0 Å². The molecular weight excluding hydrogens is 556 g/mol. The Hall–Kier alpha value is -3.13. The highest BCUT2D eigenvalue weighted by Gasteiger charge is 2.34. The minimum Gasteiger partial charge on any atom is -0.466 e. The molecule has 3 heterocycles. The molecule has 1 amide bonds. The van der Waals surface area contributed by atoms with E-state index in [1.54, 1.807) is 30.6 Å². The number of carbonyl (C=O) groups is 2. The highest BCUT2D eigenvalue weighted by molar-refractivity contribution is 8.26. The van der Waals surface area contributed by atoms with Gasteiger partial charge in [0, 0.05) is 30.2 Å². The van der Waals surface area contributed by atoms with Gasteiger partial charge in [-0.25, -0.2) is 0 Å². The van der Waals surface area contributed by atoms with Gasteiger partial charge in [-0.3, -0.25) is 23.9 Å². The smallest absolute Gasteiger partial charge is 0.309 e. The summed E-state index contributed by atoms with van der Waals surface area (Å²) in [6.07, 6.45) is 2.89. The van der Waals surface area contributed by atoms with Crippen molar-refractivity contribution in [2.24, 2.45) is 5.92 Å². The van der Waals surface area contributed by atoms with E-state index in [2.05, 4.69) is 11.0 Å². The van der Waals surface area contributed by atoms with E-state index in [0.717, 1.165) is 5.56 Å². The number of thiocarbonyl (C=S) groups is 1. The molecule has 0 unspecified atom stereocenters. The van der Waals surface area contributed by atoms with Crippen LogP contribution < -0.4 is 10.5 Å². The topological polar surface area (TPSA) is 95.6 Å². The quantitative estimate of drug-likeness (QED) is 0.258. The molecule has 4 rings (SSSR count). The van der Waals surface area contributed by atoms with Crippen molar-refractivity contribution in [3.63, 3.8) is 0 Å². The van der Waals surface area contributed by atoms with Crippen LogP contribution in [-0.4, -0.2) is 45.4 Å². The predicted molar refractivity (Wildman–Crippen MR) is 158 cm³/mol. The molecule has 1 aromatic carbocycles. The highest BCUT2D eigenvalue weighted by Crippen LogP contribution is 2.38. The van der Waals surface area contributed by atoms with Crippen LogP contribution in [0.1, 0.15) is 48.9 Å².